The number of thiophene rings is 1. The normalized spacial score (nSPS) is 11.5. The number of anilines is 3. The topological polar surface area (TPSA) is 16.4 Å². The third kappa shape index (κ3) is 5.71. The van der Waals surface area contributed by atoms with Gasteiger partial charge in [-0.2, -0.15) is 0 Å². The highest BCUT2D eigenvalue weighted by atomic mass is 32.1. The highest BCUT2D eigenvalue weighted by Gasteiger charge is 2.23. The largest absolute Gasteiger partial charge is 0.455 e. The predicted molar refractivity (Wildman–Crippen MR) is 243 cm³/mol. The number of furan rings is 1. The van der Waals surface area contributed by atoms with Crippen LogP contribution in [0.15, 0.2) is 217 Å². The molecule has 0 aliphatic rings. The number of fused-ring (bicyclic) bond motifs is 6. The summed E-state index contributed by atoms with van der Waals surface area (Å²) in [5, 5.41) is 4.80. The molecule has 2 aromatic heterocycles. The van der Waals surface area contributed by atoms with Crippen LogP contribution >= 0.6 is 11.3 Å². The van der Waals surface area contributed by atoms with Crippen molar-refractivity contribution in [3.63, 3.8) is 0 Å². The minimum atomic E-state index is 0.903. The quantitative estimate of drug-likeness (QED) is 0.162. The first-order valence-electron chi connectivity index (χ1n) is 19.3. The van der Waals surface area contributed by atoms with Crippen LogP contribution in [-0.4, -0.2) is 0 Å². The van der Waals surface area contributed by atoms with Crippen LogP contribution in [0.5, 0.6) is 0 Å². The average Bonchev–Trinajstić information content (AvgIpc) is 3.86. The lowest BCUT2D eigenvalue weighted by molar-refractivity contribution is 0.670. The molecule has 0 bridgehead atoms. The Morgan fingerprint density at radius 2 is 0.912 bits per heavy atom. The molecule has 0 spiro atoms. The van der Waals surface area contributed by atoms with E-state index in [0.29, 0.717) is 0 Å². The zero-order valence-corrected chi connectivity index (χ0v) is 31.8. The molecule has 0 atom stereocenters. The second-order valence-corrected chi connectivity index (χ2v) is 15.5. The van der Waals surface area contributed by atoms with Crippen molar-refractivity contribution in [3.8, 4) is 44.5 Å². The lowest BCUT2D eigenvalue weighted by Crippen LogP contribution is -2.12. The van der Waals surface area contributed by atoms with Crippen LogP contribution in [-0.2, 0) is 0 Å². The van der Waals surface area contributed by atoms with Crippen molar-refractivity contribution in [2.24, 2.45) is 0 Å². The van der Waals surface area contributed by atoms with E-state index in [1.54, 1.807) is 0 Å². The van der Waals surface area contributed by atoms with Crippen LogP contribution in [0.3, 0.4) is 0 Å². The zero-order valence-electron chi connectivity index (χ0n) is 31.0. The molecule has 0 N–H and O–H groups in total. The van der Waals surface area contributed by atoms with Crippen molar-refractivity contribution in [2.45, 2.75) is 0 Å². The molecule has 0 saturated carbocycles. The van der Waals surface area contributed by atoms with Crippen molar-refractivity contribution in [2.75, 3.05) is 4.90 Å². The molecule has 0 fully saturated rings. The zero-order chi connectivity index (χ0) is 37.7. The number of rotatable bonds is 7. The first kappa shape index (κ1) is 33.2. The van der Waals surface area contributed by atoms with E-state index in [4.69, 9.17) is 4.42 Å². The van der Waals surface area contributed by atoms with Gasteiger partial charge in [0.25, 0.3) is 0 Å². The minimum absolute atomic E-state index is 0.903. The Bertz CT molecular complexity index is 3230. The van der Waals surface area contributed by atoms with Gasteiger partial charge < -0.3 is 9.32 Å². The van der Waals surface area contributed by atoms with E-state index < -0.39 is 0 Å². The van der Waals surface area contributed by atoms with Gasteiger partial charge in [-0.3, -0.25) is 0 Å². The summed E-state index contributed by atoms with van der Waals surface area (Å²) in [5.41, 5.74) is 14.3. The van der Waals surface area contributed by atoms with E-state index in [-0.39, 0.29) is 0 Å². The van der Waals surface area contributed by atoms with E-state index in [1.165, 1.54) is 53.6 Å². The van der Waals surface area contributed by atoms with Crippen LogP contribution in [0, 0.1) is 0 Å². The molecule has 0 aliphatic carbocycles. The van der Waals surface area contributed by atoms with Gasteiger partial charge in [0.05, 0.1) is 5.69 Å². The molecule has 2 nitrogen and oxygen atoms in total. The highest BCUT2D eigenvalue weighted by Crippen LogP contribution is 2.49. The molecule has 0 radical (unpaired) electrons. The van der Waals surface area contributed by atoms with Gasteiger partial charge in [0.1, 0.15) is 11.2 Å². The van der Waals surface area contributed by atoms with Crippen LogP contribution < -0.4 is 4.90 Å². The van der Waals surface area contributed by atoms with Gasteiger partial charge in [-0.05, 0) is 81.9 Å². The summed E-state index contributed by atoms with van der Waals surface area (Å²) >= 11 is 1.85. The van der Waals surface area contributed by atoms with E-state index in [9.17, 15) is 0 Å². The molecule has 0 saturated heterocycles. The smallest absolute Gasteiger partial charge is 0.143 e. The van der Waals surface area contributed by atoms with Gasteiger partial charge >= 0.3 is 0 Å². The summed E-state index contributed by atoms with van der Waals surface area (Å²) in [6.07, 6.45) is 0. The van der Waals surface area contributed by atoms with Crippen LogP contribution in [0.25, 0.3) is 86.6 Å². The summed E-state index contributed by atoms with van der Waals surface area (Å²) < 4.78 is 9.06. The molecule has 3 heteroatoms. The molecule has 11 aromatic rings. The van der Waals surface area contributed by atoms with Gasteiger partial charge in [-0.1, -0.05) is 164 Å². The summed E-state index contributed by atoms with van der Waals surface area (Å²) in [5.74, 6) is 0. The lowest BCUT2D eigenvalue weighted by Gasteiger charge is -2.30. The molecule has 0 amide bonds. The molecular formula is C54H35NOS. The Morgan fingerprint density at radius 1 is 0.351 bits per heavy atom. The summed E-state index contributed by atoms with van der Waals surface area (Å²) in [7, 11) is 0. The first-order valence-corrected chi connectivity index (χ1v) is 20.2. The standard InChI is InChI=1S/C54H35NOS/c1-3-15-36(16-4-1)41-19-7-8-22-46(41)53-42(37-17-5-2-6-18-37)23-14-26-49(53)55(40-33-34-52-48(35-40)45-21-10-12-28-51(45)57-52)39-31-29-38(30-32-39)43-24-13-25-47-44-20-9-11-27-50(44)56-54(43)47/h1-35H. The van der Waals surface area contributed by atoms with Crippen molar-refractivity contribution < 1.29 is 4.42 Å². The molecule has 11 rings (SSSR count). The van der Waals surface area contributed by atoms with E-state index in [2.05, 4.69) is 205 Å². The molecule has 0 unspecified atom stereocenters. The minimum Gasteiger partial charge on any atom is -0.455 e. The predicted octanol–water partition coefficient (Wildman–Crippen LogP) is 16.1. The molecule has 9 aromatic carbocycles. The first-order chi connectivity index (χ1) is 28.3. The van der Waals surface area contributed by atoms with Gasteiger partial charge in [0, 0.05) is 53.4 Å². The van der Waals surface area contributed by atoms with Crippen molar-refractivity contribution in [1.29, 1.82) is 0 Å². The summed E-state index contributed by atoms with van der Waals surface area (Å²) in [6.45, 7) is 0. The molecule has 2 heterocycles. The van der Waals surface area contributed by atoms with E-state index in [1.807, 2.05) is 23.5 Å². The second-order valence-electron chi connectivity index (χ2n) is 14.4. The van der Waals surface area contributed by atoms with Crippen molar-refractivity contribution in [1.82, 2.24) is 0 Å². The number of hydrogen-bond acceptors (Lipinski definition) is 3. The fourth-order valence-corrected chi connectivity index (χ4v) is 9.57. The number of para-hydroxylation sites is 2. The van der Waals surface area contributed by atoms with E-state index >= 15 is 0 Å². The third-order valence-corrected chi connectivity index (χ3v) is 12.3. The monoisotopic (exact) mass is 745 g/mol. The number of hydrogen-bond donors (Lipinski definition) is 0. The Balaban J connectivity index is 1.16. The number of nitrogens with zero attached hydrogens (tertiary/aromatic N) is 1. The Labute approximate surface area is 335 Å². The maximum atomic E-state index is 6.48. The maximum Gasteiger partial charge on any atom is 0.143 e. The lowest BCUT2D eigenvalue weighted by atomic mass is 9.87. The summed E-state index contributed by atoms with van der Waals surface area (Å²) in [4.78, 5) is 2.45. The third-order valence-electron chi connectivity index (χ3n) is 11.1. The van der Waals surface area contributed by atoms with E-state index in [0.717, 1.165) is 50.1 Å². The summed E-state index contributed by atoms with van der Waals surface area (Å²) in [6, 6.07) is 76.5. The second kappa shape index (κ2) is 13.8. The van der Waals surface area contributed by atoms with Crippen LogP contribution in [0.4, 0.5) is 17.1 Å². The SMILES string of the molecule is c1ccc(-c2ccccc2-c2c(-c3ccccc3)cccc2N(c2ccc(-c3cccc4c3oc3ccccc34)cc2)c2ccc3sc4ccccc4c3c2)cc1. The van der Waals surface area contributed by atoms with Gasteiger partial charge in [-0.15, -0.1) is 11.3 Å². The Kier molecular flexibility index (Phi) is 8.04. The number of benzene rings is 9. The average molecular weight is 746 g/mol. The Morgan fingerprint density at radius 3 is 1.72 bits per heavy atom. The molecule has 57 heavy (non-hydrogen) atoms. The molecule has 0 aliphatic heterocycles. The Hall–Kier alpha value is -7.20. The van der Waals surface area contributed by atoms with Gasteiger partial charge in [0.2, 0.25) is 0 Å². The van der Waals surface area contributed by atoms with Crippen molar-refractivity contribution in [3.05, 3.63) is 212 Å². The van der Waals surface area contributed by atoms with Gasteiger partial charge in [0.15, 0.2) is 0 Å². The van der Waals surface area contributed by atoms with Crippen molar-refractivity contribution >= 4 is 70.5 Å². The van der Waals surface area contributed by atoms with Gasteiger partial charge in [-0.25, -0.2) is 0 Å². The van der Waals surface area contributed by atoms with Crippen LogP contribution in [0.1, 0.15) is 0 Å². The fraction of sp³-hybridized carbons (Fsp3) is 0. The fourth-order valence-electron chi connectivity index (χ4n) is 8.48. The molecule has 268 valence electrons. The maximum absolute atomic E-state index is 6.48. The van der Waals surface area contributed by atoms with Crippen LogP contribution in [0.2, 0.25) is 0 Å². The molecular weight excluding hydrogens is 711 g/mol. The highest BCUT2D eigenvalue weighted by molar-refractivity contribution is 7.25.